The van der Waals surface area contributed by atoms with E-state index >= 15 is 0 Å². The fourth-order valence-corrected chi connectivity index (χ4v) is 1.64. The maximum atomic E-state index is 13.6. The van der Waals surface area contributed by atoms with Crippen LogP contribution < -0.4 is 4.74 Å². The van der Waals surface area contributed by atoms with Crippen LogP contribution in [0.3, 0.4) is 0 Å². The normalized spacial score (nSPS) is 10.3. The van der Waals surface area contributed by atoms with E-state index in [0.29, 0.717) is 12.0 Å². The molecule has 0 amide bonds. The highest BCUT2D eigenvalue weighted by molar-refractivity contribution is 5.75. The Kier molecular flexibility index (Phi) is 3.60. The van der Waals surface area contributed by atoms with Crippen LogP contribution in [0.4, 0.5) is 8.78 Å². The Morgan fingerprint density at radius 3 is 2.16 bits per heavy atom. The van der Waals surface area contributed by atoms with Crippen LogP contribution in [-0.2, 0) is 0 Å². The summed E-state index contributed by atoms with van der Waals surface area (Å²) in [5, 5.41) is 0. The number of rotatable bonds is 3. The fraction of sp³-hybridized carbons (Fsp3) is 0.133. The van der Waals surface area contributed by atoms with Gasteiger partial charge in [0.15, 0.2) is 17.4 Å². The zero-order valence-corrected chi connectivity index (χ0v) is 10.5. The van der Waals surface area contributed by atoms with E-state index in [4.69, 9.17) is 4.74 Å². The summed E-state index contributed by atoms with van der Waals surface area (Å²) in [5.74, 6) is -1.96. The van der Waals surface area contributed by atoms with Gasteiger partial charge in [-0.25, -0.2) is 8.78 Å². The molecule has 0 spiro atoms. The van der Waals surface area contributed by atoms with Crippen LogP contribution in [0.2, 0.25) is 0 Å². The second kappa shape index (κ2) is 5.18. The standard InChI is InChI=1S/C15H12F2O2/c1-9-3-4-12(5-10(9)2)19-15-13(16)6-11(8-18)7-14(15)17/h3-8H,1-2H3. The summed E-state index contributed by atoms with van der Waals surface area (Å²) in [5.41, 5.74) is 1.95. The quantitative estimate of drug-likeness (QED) is 0.775. The molecule has 0 N–H and O–H groups in total. The van der Waals surface area contributed by atoms with Crippen molar-refractivity contribution >= 4 is 6.29 Å². The number of carbonyl (C=O) groups is 1. The summed E-state index contributed by atoms with van der Waals surface area (Å²) in [4.78, 5) is 10.5. The molecule has 2 rings (SSSR count). The van der Waals surface area contributed by atoms with Crippen LogP contribution >= 0.6 is 0 Å². The molecule has 0 radical (unpaired) electrons. The summed E-state index contributed by atoms with van der Waals surface area (Å²) < 4.78 is 32.5. The van der Waals surface area contributed by atoms with E-state index in [1.54, 1.807) is 18.2 Å². The molecule has 98 valence electrons. The van der Waals surface area contributed by atoms with Crippen molar-refractivity contribution in [1.82, 2.24) is 0 Å². The summed E-state index contributed by atoms with van der Waals surface area (Å²) in [6.45, 7) is 3.81. The molecule has 0 fully saturated rings. The van der Waals surface area contributed by atoms with Gasteiger partial charge in [-0.2, -0.15) is 0 Å². The highest BCUT2D eigenvalue weighted by Gasteiger charge is 2.13. The van der Waals surface area contributed by atoms with Gasteiger partial charge in [0.1, 0.15) is 12.0 Å². The molecular formula is C15H12F2O2. The van der Waals surface area contributed by atoms with Gasteiger partial charge < -0.3 is 4.74 Å². The predicted molar refractivity (Wildman–Crippen MR) is 67.7 cm³/mol. The molecule has 19 heavy (non-hydrogen) atoms. The van der Waals surface area contributed by atoms with Gasteiger partial charge in [0, 0.05) is 5.56 Å². The smallest absolute Gasteiger partial charge is 0.198 e. The third kappa shape index (κ3) is 2.78. The number of aldehydes is 1. The van der Waals surface area contributed by atoms with Crippen molar-refractivity contribution in [2.75, 3.05) is 0 Å². The van der Waals surface area contributed by atoms with Crippen LogP contribution in [-0.4, -0.2) is 6.29 Å². The lowest BCUT2D eigenvalue weighted by atomic mass is 10.1. The Morgan fingerprint density at radius 1 is 1.00 bits per heavy atom. The number of halogens is 2. The van der Waals surface area contributed by atoms with Crippen LogP contribution in [0, 0.1) is 25.5 Å². The van der Waals surface area contributed by atoms with Crippen LogP contribution in [0.25, 0.3) is 0 Å². The number of hydrogen-bond acceptors (Lipinski definition) is 2. The molecule has 2 nitrogen and oxygen atoms in total. The third-order valence-electron chi connectivity index (χ3n) is 2.85. The summed E-state index contributed by atoms with van der Waals surface area (Å²) >= 11 is 0. The Bertz CT molecular complexity index is 613. The van der Waals surface area contributed by atoms with E-state index in [-0.39, 0.29) is 5.56 Å². The number of carbonyl (C=O) groups excluding carboxylic acids is 1. The first-order valence-electron chi connectivity index (χ1n) is 5.70. The van der Waals surface area contributed by atoms with E-state index in [1.165, 1.54) is 0 Å². The average Bonchev–Trinajstić information content (AvgIpc) is 2.37. The zero-order chi connectivity index (χ0) is 14.0. The van der Waals surface area contributed by atoms with Gasteiger partial charge in [-0.3, -0.25) is 4.79 Å². The Labute approximate surface area is 109 Å². The number of hydrogen-bond donors (Lipinski definition) is 0. The lowest BCUT2D eigenvalue weighted by Gasteiger charge is -2.10. The minimum absolute atomic E-state index is 0.0672. The highest BCUT2D eigenvalue weighted by Crippen LogP contribution is 2.29. The van der Waals surface area contributed by atoms with Crippen molar-refractivity contribution in [3.63, 3.8) is 0 Å². The van der Waals surface area contributed by atoms with Gasteiger partial charge in [0.05, 0.1) is 0 Å². The molecule has 0 aliphatic carbocycles. The molecule has 0 atom stereocenters. The monoisotopic (exact) mass is 262 g/mol. The van der Waals surface area contributed by atoms with Gasteiger partial charge in [-0.15, -0.1) is 0 Å². The molecule has 0 bridgehead atoms. The summed E-state index contributed by atoms with van der Waals surface area (Å²) in [7, 11) is 0. The summed E-state index contributed by atoms with van der Waals surface area (Å²) in [6, 6.07) is 7.01. The van der Waals surface area contributed by atoms with Crippen molar-refractivity contribution in [2.45, 2.75) is 13.8 Å². The first kappa shape index (κ1) is 13.2. The molecule has 0 saturated carbocycles. The summed E-state index contributed by atoms with van der Waals surface area (Å²) in [6.07, 6.45) is 0.381. The fourth-order valence-electron chi connectivity index (χ4n) is 1.64. The van der Waals surface area contributed by atoms with Gasteiger partial charge >= 0.3 is 0 Å². The molecule has 0 unspecified atom stereocenters. The lowest BCUT2D eigenvalue weighted by molar-refractivity contribution is 0.112. The number of ether oxygens (including phenoxy) is 1. The third-order valence-corrected chi connectivity index (χ3v) is 2.85. The zero-order valence-electron chi connectivity index (χ0n) is 10.5. The van der Waals surface area contributed by atoms with E-state index in [1.807, 2.05) is 13.8 Å². The number of benzene rings is 2. The van der Waals surface area contributed by atoms with Crippen molar-refractivity contribution in [3.8, 4) is 11.5 Å². The van der Waals surface area contributed by atoms with Gasteiger partial charge in [-0.05, 0) is 49.2 Å². The first-order valence-corrected chi connectivity index (χ1v) is 5.70. The molecule has 0 saturated heterocycles. The van der Waals surface area contributed by atoms with Gasteiger partial charge in [0.25, 0.3) is 0 Å². The van der Waals surface area contributed by atoms with E-state index in [2.05, 4.69) is 0 Å². The Morgan fingerprint density at radius 2 is 1.63 bits per heavy atom. The Balaban J connectivity index is 2.38. The second-order valence-electron chi connectivity index (χ2n) is 4.28. The van der Waals surface area contributed by atoms with Crippen molar-refractivity contribution in [2.24, 2.45) is 0 Å². The molecule has 0 aliphatic rings. The van der Waals surface area contributed by atoms with Crippen molar-refractivity contribution < 1.29 is 18.3 Å². The maximum absolute atomic E-state index is 13.6. The van der Waals surface area contributed by atoms with Crippen molar-refractivity contribution in [1.29, 1.82) is 0 Å². The van der Waals surface area contributed by atoms with Crippen LogP contribution in [0.1, 0.15) is 21.5 Å². The predicted octanol–water partition coefficient (Wildman–Crippen LogP) is 4.19. The van der Waals surface area contributed by atoms with Gasteiger partial charge in [-0.1, -0.05) is 6.07 Å². The van der Waals surface area contributed by atoms with Crippen LogP contribution in [0.5, 0.6) is 11.5 Å². The second-order valence-corrected chi connectivity index (χ2v) is 4.28. The van der Waals surface area contributed by atoms with E-state index in [0.717, 1.165) is 23.3 Å². The Hall–Kier alpha value is -2.23. The molecule has 4 heteroatoms. The molecule has 0 aromatic heterocycles. The van der Waals surface area contributed by atoms with Crippen molar-refractivity contribution in [3.05, 3.63) is 58.7 Å². The number of aryl methyl sites for hydroxylation is 2. The molecular weight excluding hydrogens is 250 g/mol. The minimum atomic E-state index is -0.902. The minimum Gasteiger partial charge on any atom is -0.451 e. The van der Waals surface area contributed by atoms with Gasteiger partial charge in [0.2, 0.25) is 0 Å². The lowest BCUT2D eigenvalue weighted by Crippen LogP contribution is -1.95. The maximum Gasteiger partial charge on any atom is 0.198 e. The first-order chi connectivity index (χ1) is 9.01. The molecule has 2 aromatic rings. The largest absolute Gasteiger partial charge is 0.451 e. The van der Waals surface area contributed by atoms with E-state index < -0.39 is 17.4 Å². The molecule has 2 aromatic carbocycles. The van der Waals surface area contributed by atoms with E-state index in [9.17, 15) is 13.6 Å². The molecule has 0 heterocycles. The average molecular weight is 262 g/mol. The van der Waals surface area contributed by atoms with Crippen LogP contribution in [0.15, 0.2) is 30.3 Å². The SMILES string of the molecule is Cc1ccc(Oc2c(F)cc(C=O)cc2F)cc1C. The topological polar surface area (TPSA) is 26.3 Å². The highest BCUT2D eigenvalue weighted by atomic mass is 19.1. The molecule has 0 aliphatic heterocycles.